The highest BCUT2D eigenvalue weighted by molar-refractivity contribution is 7.90. The molecule has 3 heterocycles. The number of amides is 2. The van der Waals surface area contributed by atoms with Crippen molar-refractivity contribution in [3.05, 3.63) is 66.7 Å². The lowest BCUT2D eigenvalue weighted by Gasteiger charge is -2.12. The van der Waals surface area contributed by atoms with Gasteiger partial charge in [-0.25, -0.2) is 27.9 Å². The van der Waals surface area contributed by atoms with Crippen molar-refractivity contribution in [2.24, 2.45) is 0 Å². The van der Waals surface area contributed by atoms with Crippen molar-refractivity contribution in [2.75, 3.05) is 22.6 Å². The first kappa shape index (κ1) is 25.9. The van der Waals surface area contributed by atoms with Crippen molar-refractivity contribution < 1.29 is 17.7 Å². The van der Waals surface area contributed by atoms with Gasteiger partial charge >= 0.3 is 6.03 Å². The number of nitrogen functional groups attached to an aromatic ring is 1. The van der Waals surface area contributed by atoms with Crippen molar-refractivity contribution in [3.8, 4) is 16.9 Å². The summed E-state index contributed by atoms with van der Waals surface area (Å²) < 4.78 is 30.6. The summed E-state index contributed by atoms with van der Waals surface area (Å²) >= 11 is 0. The second kappa shape index (κ2) is 9.51. The molecule has 2 amide bonds. The van der Waals surface area contributed by atoms with Gasteiger partial charge in [0, 0.05) is 29.0 Å². The monoisotopic (exact) mass is 546 g/mol. The third kappa shape index (κ3) is 5.29. The fraction of sp³-hybridized carbons (Fsp3) is 0.192. The largest absolute Gasteiger partial charge is 0.383 e. The fourth-order valence-corrected chi connectivity index (χ4v) is 4.50. The second-order valence-electron chi connectivity index (χ2n) is 9.97. The number of hydrogen-bond acceptors (Lipinski definition) is 9. The van der Waals surface area contributed by atoms with Gasteiger partial charge < -0.3 is 15.6 Å². The minimum atomic E-state index is -3.34. The first-order valence-corrected chi connectivity index (χ1v) is 13.7. The number of nitrogens with two attached hydrogens (primary N) is 1. The van der Waals surface area contributed by atoms with Gasteiger partial charge in [0.1, 0.15) is 23.6 Å². The molecule has 0 aliphatic rings. The maximum absolute atomic E-state index is 12.5. The number of urea groups is 1. The Hall–Kier alpha value is -4.78. The predicted octanol–water partition coefficient (Wildman–Crippen LogP) is 4.40. The Morgan fingerprint density at radius 3 is 2.31 bits per heavy atom. The summed E-state index contributed by atoms with van der Waals surface area (Å²) in [4.78, 5) is 21.1. The summed E-state index contributed by atoms with van der Waals surface area (Å²) in [6, 6.07) is 14.6. The second-order valence-corrected chi connectivity index (χ2v) is 12.0. The normalized spacial score (nSPS) is 12.0. The van der Waals surface area contributed by atoms with Crippen LogP contribution in [-0.2, 0) is 15.3 Å². The van der Waals surface area contributed by atoms with Crippen LogP contribution < -0.4 is 16.4 Å². The van der Waals surface area contributed by atoms with Crippen LogP contribution >= 0.6 is 0 Å². The van der Waals surface area contributed by atoms with Gasteiger partial charge in [-0.3, -0.25) is 5.32 Å². The van der Waals surface area contributed by atoms with E-state index in [1.807, 2.05) is 20.8 Å². The maximum Gasteiger partial charge on any atom is 0.324 e. The summed E-state index contributed by atoms with van der Waals surface area (Å²) in [5, 5.41) is 14.5. The van der Waals surface area contributed by atoms with Crippen LogP contribution in [0.15, 0.2) is 70.3 Å². The number of anilines is 3. The van der Waals surface area contributed by atoms with Crippen LogP contribution in [0.5, 0.6) is 0 Å². The van der Waals surface area contributed by atoms with Gasteiger partial charge in [-0.05, 0) is 36.4 Å². The smallest absolute Gasteiger partial charge is 0.324 e. The number of nitrogens with one attached hydrogen (secondary N) is 2. The summed E-state index contributed by atoms with van der Waals surface area (Å²) in [5.41, 5.74) is 8.80. The first-order valence-electron chi connectivity index (χ1n) is 11.9. The van der Waals surface area contributed by atoms with E-state index in [2.05, 4.69) is 25.8 Å². The number of sulfone groups is 1. The quantitative estimate of drug-likeness (QED) is 0.289. The van der Waals surface area contributed by atoms with E-state index in [1.165, 1.54) is 18.5 Å². The number of fused-ring (bicyclic) bond motifs is 1. The highest BCUT2D eigenvalue weighted by Crippen LogP contribution is 2.32. The van der Waals surface area contributed by atoms with Gasteiger partial charge in [0.15, 0.2) is 21.3 Å². The Bertz CT molecular complexity index is 1780. The Balaban J connectivity index is 1.40. The zero-order chi connectivity index (χ0) is 27.9. The zero-order valence-electron chi connectivity index (χ0n) is 21.6. The van der Waals surface area contributed by atoms with Crippen molar-refractivity contribution in [2.45, 2.75) is 31.1 Å². The van der Waals surface area contributed by atoms with Crippen molar-refractivity contribution in [3.63, 3.8) is 0 Å². The van der Waals surface area contributed by atoms with Crippen LogP contribution in [0.1, 0.15) is 26.5 Å². The van der Waals surface area contributed by atoms with Gasteiger partial charge in [0.05, 0.1) is 16.0 Å². The van der Waals surface area contributed by atoms with Crippen molar-refractivity contribution in [1.82, 2.24) is 24.9 Å². The third-order valence-corrected chi connectivity index (χ3v) is 7.04. The maximum atomic E-state index is 12.5. The molecule has 0 aliphatic carbocycles. The molecular weight excluding hydrogens is 520 g/mol. The molecule has 0 saturated carbocycles. The van der Waals surface area contributed by atoms with Crippen LogP contribution in [0.2, 0.25) is 0 Å². The molecule has 12 nitrogen and oxygen atoms in total. The van der Waals surface area contributed by atoms with E-state index in [4.69, 9.17) is 15.4 Å². The average molecular weight is 547 g/mol. The molecule has 5 aromatic rings. The molecule has 2 aromatic carbocycles. The Labute approximate surface area is 224 Å². The van der Waals surface area contributed by atoms with E-state index >= 15 is 0 Å². The number of carbonyl (C=O) groups excluding carboxylic acids is 1. The summed E-state index contributed by atoms with van der Waals surface area (Å²) in [6.45, 7) is 5.96. The van der Waals surface area contributed by atoms with Crippen LogP contribution in [-0.4, -0.2) is 45.6 Å². The lowest BCUT2D eigenvalue weighted by molar-refractivity contribution is 0.262. The molecule has 4 N–H and O–H groups in total. The van der Waals surface area contributed by atoms with Crippen LogP contribution in [0, 0.1) is 0 Å². The van der Waals surface area contributed by atoms with E-state index in [-0.39, 0.29) is 16.1 Å². The van der Waals surface area contributed by atoms with Gasteiger partial charge in [-0.1, -0.05) is 38.1 Å². The molecule has 0 radical (unpaired) electrons. The van der Waals surface area contributed by atoms with Gasteiger partial charge in [-0.15, -0.1) is 0 Å². The van der Waals surface area contributed by atoms with Crippen LogP contribution in [0.25, 0.3) is 28.0 Å². The number of benzene rings is 2. The number of carbonyl (C=O) groups is 1. The standard InChI is InChI=1S/C26H26N8O4S/c1-26(2,3)19-13-20(33-38-19)31-25(35)30-16-7-9-17(10-8-16)34-24-21(23(27)28-14-29-24)22(32-34)15-5-11-18(12-6-15)39(4,36)37/h5-14H,1-4H3,(H2,27,28,29)(H2,30,31,33,35). The average Bonchev–Trinajstić information content (AvgIpc) is 3.50. The minimum Gasteiger partial charge on any atom is -0.383 e. The van der Waals surface area contributed by atoms with Crippen LogP contribution in [0.3, 0.4) is 0 Å². The van der Waals surface area contributed by atoms with Gasteiger partial charge in [0.2, 0.25) is 0 Å². The molecule has 0 bridgehead atoms. The highest BCUT2D eigenvalue weighted by Gasteiger charge is 2.21. The molecule has 0 atom stereocenters. The van der Waals surface area contributed by atoms with E-state index in [0.717, 1.165) is 6.26 Å². The molecule has 13 heteroatoms. The summed E-state index contributed by atoms with van der Waals surface area (Å²) in [5.74, 6) is 1.21. The Kier molecular flexibility index (Phi) is 6.30. The summed E-state index contributed by atoms with van der Waals surface area (Å²) in [6.07, 6.45) is 2.50. The highest BCUT2D eigenvalue weighted by atomic mass is 32.2. The number of nitrogens with zero attached hydrogens (tertiary/aromatic N) is 5. The number of hydrogen-bond donors (Lipinski definition) is 3. The topological polar surface area (TPSA) is 171 Å². The predicted molar refractivity (Wildman–Crippen MR) is 147 cm³/mol. The number of aromatic nitrogens is 5. The molecular formula is C26H26N8O4S. The summed E-state index contributed by atoms with van der Waals surface area (Å²) in [7, 11) is -3.34. The van der Waals surface area contributed by atoms with E-state index < -0.39 is 15.9 Å². The van der Waals surface area contributed by atoms with Crippen molar-refractivity contribution in [1.29, 1.82) is 0 Å². The van der Waals surface area contributed by atoms with E-state index in [0.29, 0.717) is 45.2 Å². The van der Waals surface area contributed by atoms with E-state index in [9.17, 15) is 13.2 Å². The minimum absolute atomic E-state index is 0.199. The van der Waals surface area contributed by atoms with Gasteiger partial charge in [-0.2, -0.15) is 5.10 Å². The first-order chi connectivity index (χ1) is 18.4. The third-order valence-electron chi connectivity index (χ3n) is 5.91. The van der Waals surface area contributed by atoms with Crippen molar-refractivity contribution >= 4 is 44.2 Å². The molecule has 0 unspecified atom stereocenters. The molecule has 39 heavy (non-hydrogen) atoms. The molecule has 3 aromatic heterocycles. The molecule has 200 valence electrons. The SMILES string of the molecule is CC(C)(C)c1cc(NC(=O)Nc2ccc(-n3nc(-c4ccc(S(C)(=O)=O)cc4)c4c(N)ncnc43)cc2)no1. The van der Waals surface area contributed by atoms with E-state index in [1.54, 1.807) is 47.1 Å². The number of rotatable bonds is 5. The molecule has 0 spiro atoms. The molecule has 0 aliphatic heterocycles. The fourth-order valence-electron chi connectivity index (χ4n) is 3.87. The van der Waals surface area contributed by atoms with Gasteiger partial charge in [0.25, 0.3) is 0 Å². The lowest BCUT2D eigenvalue weighted by Crippen LogP contribution is -2.19. The molecule has 5 rings (SSSR count). The Morgan fingerprint density at radius 1 is 1.00 bits per heavy atom. The van der Waals surface area contributed by atoms with Crippen LogP contribution in [0.4, 0.5) is 22.1 Å². The zero-order valence-corrected chi connectivity index (χ0v) is 22.4. The molecule has 0 saturated heterocycles. The Morgan fingerprint density at radius 2 is 1.69 bits per heavy atom. The molecule has 0 fully saturated rings. The lowest BCUT2D eigenvalue weighted by atomic mass is 9.93.